The predicted octanol–water partition coefficient (Wildman–Crippen LogP) is 3.60. The van der Waals surface area contributed by atoms with Crippen molar-refractivity contribution < 1.29 is 14.3 Å². The lowest BCUT2D eigenvalue weighted by molar-refractivity contribution is -0.149. The van der Waals surface area contributed by atoms with E-state index in [-0.39, 0.29) is 11.8 Å². The Bertz CT molecular complexity index is 721. The zero-order chi connectivity index (χ0) is 18.4. The Kier molecular flexibility index (Phi) is 5.97. The first kappa shape index (κ1) is 18.7. The number of rotatable bonds is 6. The molecule has 25 heavy (non-hydrogen) atoms. The van der Waals surface area contributed by atoms with Crippen LogP contribution < -0.4 is 5.32 Å². The number of hydrogen-bond donors (Lipinski definition) is 1. The Hall–Kier alpha value is -2.62. The van der Waals surface area contributed by atoms with Gasteiger partial charge in [-0.05, 0) is 37.0 Å². The van der Waals surface area contributed by atoms with Crippen LogP contribution in [0.15, 0.2) is 54.6 Å². The Morgan fingerprint density at radius 3 is 2.12 bits per heavy atom. The first-order chi connectivity index (χ1) is 11.8. The smallest absolute Gasteiger partial charge is 0.330 e. The van der Waals surface area contributed by atoms with Gasteiger partial charge in [0, 0.05) is 5.92 Å². The largest absolute Gasteiger partial charge is 0.467 e. The van der Waals surface area contributed by atoms with Gasteiger partial charge in [0.05, 0.1) is 7.11 Å². The molecule has 1 amide bonds. The molecule has 1 atom stereocenters. The summed E-state index contributed by atoms with van der Waals surface area (Å²) in [5.74, 6) is -0.866. The number of nitrogens with one attached hydrogen (secondary N) is 1. The van der Waals surface area contributed by atoms with Crippen LogP contribution in [0.2, 0.25) is 0 Å². The van der Waals surface area contributed by atoms with Gasteiger partial charge in [-0.3, -0.25) is 4.79 Å². The van der Waals surface area contributed by atoms with Gasteiger partial charge in [0.2, 0.25) is 5.91 Å². The summed E-state index contributed by atoms with van der Waals surface area (Å²) in [6.45, 7) is 5.13. The highest BCUT2D eigenvalue weighted by molar-refractivity contribution is 5.88. The number of esters is 1. The van der Waals surface area contributed by atoms with Crippen molar-refractivity contribution >= 4 is 11.9 Å². The Balaban J connectivity index is 1.99. The van der Waals surface area contributed by atoms with Crippen LogP contribution in [-0.2, 0) is 20.7 Å². The molecule has 1 unspecified atom stereocenters. The molecule has 0 saturated heterocycles. The Labute approximate surface area is 149 Å². The third-order valence-corrected chi connectivity index (χ3v) is 4.18. The van der Waals surface area contributed by atoms with E-state index in [1.54, 1.807) is 13.8 Å². The van der Waals surface area contributed by atoms with Crippen molar-refractivity contribution in [1.82, 2.24) is 5.32 Å². The molecule has 2 aromatic carbocycles. The minimum Gasteiger partial charge on any atom is -0.467 e. The Morgan fingerprint density at radius 1 is 1.00 bits per heavy atom. The number of benzene rings is 2. The van der Waals surface area contributed by atoms with Gasteiger partial charge in [-0.15, -0.1) is 0 Å². The van der Waals surface area contributed by atoms with Crippen molar-refractivity contribution in [2.75, 3.05) is 7.11 Å². The summed E-state index contributed by atoms with van der Waals surface area (Å²) >= 11 is 0. The van der Waals surface area contributed by atoms with Gasteiger partial charge in [0.15, 0.2) is 0 Å². The first-order valence-electron chi connectivity index (χ1n) is 8.38. The predicted molar refractivity (Wildman–Crippen MR) is 99.0 cm³/mol. The van der Waals surface area contributed by atoms with Crippen LogP contribution in [0.25, 0.3) is 11.1 Å². The van der Waals surface area contributed by atoms with Crippen LogP contribution in [-0.4, -0.2) is 24.5 Å². The van der Waals surface area contributed by atoms with Gasteiger partial charge in [0.1, 0.15) is 5.54 Å². The van der Waals surface area contributed by atoms with E-state index in [1.165, 1.54) is 12.7 Å². The Morgan fingerprint density at radius 2 is 1.56 bits per heavy atom. The summed E-state index contributed by atoms with van der Waals surface area (Å²) in [5, 5.41) is 2.75. The summed E-state index contributed by atoms with van der Waals surface area (Å²) in [5.41, 5.74) is 2.36. The van der Waals surface area contributed by atoms with Crippen molar-refractivity contribution in [2.24, 2.45) is 5.92 Å². The fraction of sp³-hybridized carbons (Fsp3) is 0.333. The maximum absolute atomic E-state index is 12.4. The lowest BCUT2D eigenvalue weighted by atomic mass is 9.96. The summed E-state index contributed by atoms with van der Waals surface area (Å²) in [4.78, 5) is 24.0. The molecule has 0 radical (unpaired) electrons. The number of hydrogen-bond acceptors (Lipinski definition) is 3. The monoisotopic (exact) mass is 339 g/mol. The van der Waals surface area contributed by atoms with E-state index in [4.69, 9.17) is 4.74 Å². The quantitative estimate of drug-likeness (QED) is 0.818. The second kappa shape index (κ2) is 7.97. The number of carbonyl (C=O) groups excluding carboxylic acids is 2. The standard InChI is InChI=1S/C21H25NO3/c1-15(19(23)22-21(2,3)20(24)25-4)14-16-10-12-18(13-11-16)17-8-6-5-7-9-17/h5-13,15H,14H2,1-4H3,(H,22,23). The molecule has 132 valence electrons. The van der Waals surface area contributed by atoms with Crippen molar-refractivity contribution in [1.29, 1.82) is 0 Å². The van der Waals surface area contributed by atoms with Crippen LogP contribution in [0, 0.1) is 5.92 Å². The van der Waals surface area contributed by atoms with Gasteiger partial charge >= 0.3 is 5.97 Å². The molecule has 0 fully saturated rings. The van der Waals surface area contributed by atoms with E-state index < -0.39 is 11.5 Å². The van der Waals surface area contributed by atoms with E-state index in [2.05, 4.69) is 29.6 Å². The van der Waals surface area contributed by atoms with E-state index in [9.17, 15) is 9.59 Å². The lowest BCUT2D eigenvalue weighted by Gasteiger charge is -2.25. The van der Waals surface area contributed by atoms with Crippen LogP contribution in [0.5, 0.6) is 0 Å². The number of carbonyl (C=O) groups is 2. The van der Waals surface area contributed by atoms with Gasteiger partial charge in [-0.25, -0.2) is 4.79 Å². The molecule has 2 aromatic rings. The highest BCUT2D eigenvalue weighted by atomic mass is 16.5. The molecule has 0 heterocycles. The fourth-order valence-electron chi connectivity index (χ4n) is 2.65. The highest BCUT2D eigenvalue weighted by Crippen LogP contribution is 2.20. The fourth-order valence-corrected chi connectivity index (χ4v) is 2.65. The minimum atomic E-state index is -1.03. The summed E-state index contributed by atoms with van der Waals surface area (Å²) in [6.07, 6.45) is 0.609. The number of methoxy groups -OCH3 is 1. The highest BCUT2D eigenvalue weighted by Gasteiger charge is 2.31. The van der Waals surface area contributed by atoms with Crippen molar-refractivity contribution in [3.8, 4) is 11.1 Å². The summed E-state index contributed by atoms with van der Waals surface area (Å²) in [7, 11) is 1.31. The van der Waals surface area contributed by atoms with Crippen LogP contribution in [0.1, 0.15) is 26.3 Å². The molecule has 4 heteroatoms. The molecule has 0 spiro atoms. The third-order valence-electron chi connectivity index (χ3n) is 4.18. The number of ether oxygens (including phenoxy) is 1. The molecule has 4 nitrogen and oxygen atoms in total. The van der Waals surface area contributed by atoms with Crippen LogP contribution in [0.4, 0.5) is 0 Å². The van der Waals surface area contributed by atoms with Gasteiger partial charge in [-0.1, -0.05) is 61.5 Å². The van der Waals surface area contributed by atoms with Crippen LogP contribution >= 0.6 is 0 Å². The maximum Gasteiger partial charge on any atom is 0.330 e. The van der Waals surface area contributed by atoms with E-state index in [0.29, 0.717) is 6.42 Å². The zero-order valence-electron chi connectivity index (χ0n) is 15.2. The molecule has 2 rings (SSSR count). The van der Waals surface area contributed by atoms with Crippen molar-refractivity contribution in [3.05, 3.63) is 60.2 Å². The molecule has 0 aliphatic heterocycles. The first-order valence-corrected chi connectivity index (χ1v) is 8.38. The molecule has 0 bridgehead atoms. The van der Waals surface area contributed by atoms with Gasteiger partial charge < -0.3 is 10.1 Å². The zero-order valence-corrected chi connectivity index (χ0v) is 15.2. The third kappa shape index (κ3) is 4.92. The molecular weight excluding hydrogens is 314 g/mol. The maximum atomic E-state index is 12.4. The molecule has 0 saturated carbocycles. The molecular formula is C21H25NO3. The van der Waals surface area contributed by atoms with Crippen LogP contribution in [0.3, 0.4) is 0 Å². The SMILES string of the molecule is COC(=O)C(C)(C)NC(=O)C(C)Cc1ccc(-c2ccccc2)cc1. The average Bonchev–Trinajstić information content (AvgIpc) is 2.61. The van der Waals surface area contributed by atoms with E-state index in [1.807, 2.05) is 37.3 Å². The topological polar surface area (TPSA) is 55.4 Å². The molecule has 1 N–H and O–H groups in total. The number of amides is 1. The van der Waals surface area contributed by atoms with E-state index in [0.717, 1.165) is 11.1 Å². The molecule has 0 aliphatic carbocycles. The van der Waals surface area contributed by atoms with E-state index >= 15 is 0 Å². The summed E-state index contributed by atoms with van der Waals surface area (Å²) < 4.78 is 4.72. The molecule has 0 aromatic heterocycles. The van der Waals surface area contributed by atoms with Gasteiger partial charge in [0.25, 0.3) is 0 Å². The second-order valence-corrected chi connectivity index (χ2v) is 6.77. The van der Waals surface area contributed by atoms with Crippen molar-refractivity contribution in [3.63, 3.8) is 0 Å². The average molecular weight is 339 g/mol. The molecule has 0 aliphatic rings. The van der Waals surface area contributed by atoms with Gasteiger partial charge in [-0.2, -0.15) is 0 Å². The lowest BCUT2D eigenvalue weighted by Crippen LogP contribution is -2.52. The summed E-state index contributed by atoms with van der Waals surface area (Å²) in [6, 6.07) is 18.4. The normalized spacial score (nSPS) is 12.3. The second-order valence-electron chi connectivity index (χ2n) is 6.77. The minimum absolute atomic E-state index is 0.164. The van der Waals surface area contributed by atoms with Crippen molar-refractivity contribution in [2.45, 2.75) is 32.7 Å².